The standard InChI is InChI=1S/C14H16FN3O2/c1-8-4-5-11(7-12(8)15)16-10(3)14(19)17-13-6-9(2)20-18-13/h4-7,10,16H,1-3H3,(H,17,18,19). The van der Waals surface area contributed by atoms with Crippen molar-refractivity contribution < 1.29 is 13.7 Å². The molecule has 0 aliphatic heterocycles. The zero-order chi connectivity index (χ0) is 14.7. The van der Waals surface area contributed by atoms with Gasteiger partial charge >= 0.3 is 0 Å². The van der Waals surface area contributed by atoms with Gasteiger partial charge in [-0.1, -0.05) is 11.2 Å². The molecule has 1 aromatic carbocycles. The molecule has 0 saturated heterocycles. The highest BCUT2D eigenvalue weighted by atomic mass is 19.1. The topological polar surface area (TPSA) is 67.2 Å². The predicted molar refractivity (Wildman–Crippen MR) is 74.1 cm³/mol. The third kappa shape index (κ3) is 3.34. The van der Waals surface area contributed by atoms with E-state index < -0.39 is 6.04 Å². The van der Waals surface area contributed by atoms with Gasteiger partial charge in [0.2, 0.25) is 5.91 Å². The van der Waals surface area contributed by atoms with Gasteiger partial charge in [0, 0.05) is 11.8 Å². The van der Waals surface area contributed by atoms with Crippen LogP contribution in [-0.2, 0) is 4.79 Å². The zero-order valence-electron chi connectivity index (χ0n) is 11.5. The lowest BCUT2D eigenvalue weighted by Gasteiger charge is -2.14. The van der Waals surface area contributed by atoms with Crippen molar-refractivity contribution in [1.82, 2.24) is 5.16 Å². The molecule has 0 bridgehead atoms. The quantitative estimate of drug-likeness (QED) is 0.901. The van der Waals surface area contributed by atoms with E-state index in [1.165, 1.54) is 6.07 Å². The fraction of sp³-hybridized carbons (Fsp3) is 0.286. The first-order valence-corrected chi connectivity index (χ1v) is 6.22. The summed E-state index contributed by atoms with van der Waals surface area (Å²) in [5.74, 6) is 0.381. The summed E-state index contributed by atoms with van der Waals surface area (Å²) in [4.78, 5) is 11.9. The number of nitrogens with zero attached hydrogens (tertiary/aromatic N) is 1. The van der Waals surface area contributed by atoms with Gasteiger partial charge in [0.15, 0.2) is 5.82 Å². The summed E-state index contributed by atoms with van der Waals surface area (Å²) in [6, 6.07) is 5.83. The van der Waals surface area contributed by atoms with Crippen LogP contribution in [0.15, 0.2) is 28.8 Å². The second-order valence-corrected chi connectivity index (χ2v) is 4.64. The fourth-order valence-electron chi connectivity index (χ4n) is 1.66. The van der Waals surface area contributed by atoms with Gasteiger partial charge in [0.25, 0.3) is 0 Å². The van der Waals surface area contributed by atoms with Crippen molar-refractivity contribution in [2.24, 2.45) is 0 Å². The van der Waals surface area contributed by atoms with Gasteiger partial charge in [-0.25, -0.2) is 4.39 Å². The molecule has 2 rings (SSSR count). The number of nitrogens with one attached hydrogen (secondary N) is 2. The van der Waals surface area contributed by atoms with Gasteiger partial charge in [0.1, 0.15) is 17.6 Å². The molecule has 2 aromatic rings. The van der Waals surface area contributed by atoms with Crippen molar-refractivity contribution in [3.8, 4) is 0 Å². The minimum atomic E-state index is -0.533. The molecule has 0 fully saturated rings. The molecule has 6 heteroatoms. The molecule has 1 aromatic heterocycles. The summed E-state index contributed by atoms with van der Waals surface area (Å²) >= 11 is 0. The van der Waals surface area contributed by atoms with Crippen molar-refractivity contribution in [3.05, 3.63) is 41.4 Å². The van der Waals surface area contributed by atoms with Gasteiger partial charge in [0.05, 0.1) is 0 Å². The molecule has 0 aliphatic carbocycles. The van der Waals surface area contributed by atoms with E-state index in [4.69, 9.17) is 4.52 Å². The summed E-state index contributed by atoms with van der Waals surface area (Å²) in [5, 5.41) is 9.21. The minimum absolute atomic E-state index is 0.278. The Morgan fingerprint density at radius 1 is 1.35 bits per heavy atom. The van der Waals surface area contributed by atoms with Crippen LogP contribution in [0.25, 0.3) is 0 Å². The Kier molecular flexibility index (Phi) is 4.02. The number of rotatable bonds is 4. The minimum Gasteiger partial charge on any atom is -0.374 e. The lowest BCUT2D eigenvalue weighted by atomic mass is 10.2. The molecule has 1 heterocycles. The predicted octanol–water partition coefficient (Wildman–Crippen LogP) is 2.87. The van der Waals surface area contributed by atoms with E-state index in [1.54, 1.807) is 39.0 Å². The van der Waals surface area contributed by atoms with Gasteiger partial charge < -0.3 is 15.2 Å². The molecule has 0 aliphatic rings. The maximum Gasteiger partial charge on any atom is 0.247 e. The van der Waals surface area contributed by atoms with Crippen LogP contribution in [0.4, 0.5) is 15.9 Å². The molecule has 1 amide bonds. The van der Waals surface area contributed by atoms with E-state index in [2.05, 4.69) is 15.8 Å². The number of amides is 1. The first kappa shape index (κ1) is 14.0. The normalized spacial score (nSPS) is 12.0. The molecule has 0 radical (unpaired) electrons. The summed E-state index contributed by atoms with van der Waals surface area (Å²) in [7, 11) is 0. The molecule has 1 unspecified atom stereocenters. The number of benzene rings is 1. The second-order valence-electron chi connectivity index (χ2n) is 4.64. The second kappa shape index (κ2) is 5.73. The molecule has 106 valence electrons. The van der Waals surface area contributed by atoms with Crippen LogP contribution < -0.4 is 10.6 Å². The Labute approximate surface area is 116 Å². The fourth-order valence-corrected chi connectivity index (χ4v) is 1.66. The summed E-state index contributed by atoms with van der Waals surface area (Å²) in [5.41, 5.74) is 1.11. The third-order valence-corrected chi connectivity index (χ3v) is 2.83. The SMILES string of the molecule is Cc1cc(NC(=O)C(C)Nc2ccc(C)c(F)c2)no1. The van der Waals surface area contributed by atoms with Crippen LogP contribution in [0.1, 0.15) is 18.2 Å². The molecular formula is C14H16FN3O2. The molecule has 1 atom stereocenters. The Hall–Kier alpha value is -2.37. The number of carbonyl (C=O) groups is 1. The van der Waals surface area contributed by atoms with E-state index >= 15 is 0 Å². The van der Waals surface area contributed by atoms with Crippen LogP contribution >= 0.6 is 0 Å². The summed E-state index contributed by atoms with van der Waals surface area (Å²) in [6.07, 6.45) is 0. The molecule has 0 spiro atoms. The highest BCUT2D eigenvalue weighted by molar-refractivity contribution is 5.95. The first-order chi connectivity index (χ1) is 9.45. The molecule has 5 nitrogen and oxygen atoms in total. The number of aromatic nitrogens is 1. The summed E-state index contributed by atoms with van der Waals surface area (Å²) < 4.78 is 18.3. The van der Waals surface area contributed by atoms with Crippen molar-refractivity contribution in [2.45, 2.75) is 26.8 Å². The smallest absolute Gasteiger partial charge is 0.247 e. The Balaban J connectivity index is 1.98. The van der Waals surface area contributed by atoms with E-state index in [0.29, 0.717) is 22.8 Å². The van der Waals surface area contributed by atoms with E-state index in [1.807, 2.05) is 0 Å². The number of hydrogen-bond acceptors (Lipinski definition) is 4. The Morgan fingerprint density at radius 3 is 2.70 bits per heavy atom. The molecule has 0 saturated carbocycles. The number of anilines is 2. The van der Waals surface area contributed by atoms with E-state index in [0.717, 1.165) is 0 Å². The van der Waals surface area contributed by atoms with Crippen LogP contribution in [-0.4, -0.2) is 17.1 Å². The van der Waals surface area contributed by atoms with Crippen LogP contribution in [0.3, 0.4) is 0 Å². The number of halogens is 1. The van der Waals surface area contributed by atoms with Gasteiger partial charge in [-0.05, 0) is 38.5 Å². The van der Waals surface area contributed by atoms with E-state index in [9.17, 15) is 9.18 Å². The maximum absolute atomic E-state index is 13.4. The van der Waals surface area contributed by atoms with Gasteiger partial charge in [-0.2, -0.15) is 0 Å². The van der Waals surface area contributed by atoms with E-state index in [-0.39, 0.29) is 11.7 Å². The highest BCUT2D eigenvalue weighted by Gasteiger charge is 2.14. The Bertz CT molecular complexity index is 625. The first-order valence-electron chi connectivity index (χ1n) is 6.22. The molecule has 20 heavy (non-hydrogen) atoms. The number of hydrogen-bond donors (Lipinski definition) is 2. The average molecular weight is 277 g/mol. The Morgan fingerprint density at radius 2 is 2.10 bits per heavy atom. The molecule has 2 N–H and O–H groups in total. The van der Waals surface area contributed by atoms with Crippen LogP contribution in [0.2, 0.25) is 0 Å². The monoisotopic (exact) mass is 277 g/mol. The van der Waals surface area contributed by atoms with Crippen molar-refractivity contribution in [1.29, 1.82) is 0 Å². The number of carbonyl (C=O) groups excluding carboxylic acids is 1. The number of aryl methyl sites for hydroxylation is 2. The largest absolute Gasteiger partial charge is 0.374 e. The molecular weight excluding hydrogens is 261 g/mol. The summed E-state index contributed by atoms with van der Waals surface area (Å²) in [6.45, 7) is 5.10. The lowest BCUT2D eigenvalue weighted by molar-refractivity contribution is -0.116. The zero-order valence-corrected chi connectivity index (χ0v) is 11.5. The van der Waals surface area contributed by atoms with Crippen LogP contribution in [0, 0.1) is 19.7 Å². The average Bonchev–Trinajstić information content (AvgIpc) is 2.79. The van der Waals surface area contributed by atoms with Crippen molar-refractivity contribution >= 4 is 17.4 Å². The van der Waals surface area contributed by atoms with Crippen LogP contribution in [0.5, 0.6) is 0 Å². The highest BCUT2D eigenvalue weighted by Crippen LogP contribution is 2.15. The third-order valence-electron chi connectivity index (χ3n) is 2.83. The van der Waals surface area contributed by atoms with Crippen molar-refractivity contribution in [3.63, 3.8) is 0 Å². The van der Waals surface area contributed by atoms with Gasteiger partial charge in [-0.3, -0.25) is 4.79 Å². The maximum atomic E-state index is 13.4. The van der Waals surface area contributed by atoms with Gasteiger partial charge in [-0.15, -0.1) is 0 Å². The van der Waals surface area contributed by atoms with Crippen molar-refractivity contribution in [2.75, 3.05) is 10.6 Å². The lowest BCUT2D eigenvalue weighted by Crippen LogP contribution is -2.32.